The first-order valence-electron chi connectivity index (χ1n) is 10.1. The van der Waals surface area contributed by atoms with Crippen molar-refractivity contribution >= 4 is 29.9 Å². The Labute approximate surface area is 186 Å². The molecule has 2 N–H and O–H groups in total. The Morgan fingerprint density at radius 3 is 2.86 bits per heavy atom. The highest BCUT2D eigenvalue weighted by Crippen LogP contribution is 2.17. The minimum atomic E-state index is 0. The molecule has 1 saturated heterocycles. The van der Waals surface area contributed by atoms with Gasteiger partial charge in [-0.3, -0.25) is 0 Å². The van der Waals surface area contributed by atoms with Crippen molar-refractivity contribution in [1.29, 1.82) is 0 Å². The highest BCUT2D eigenvalue weighted by atomic mass is 127. The monoisotopic (exact) mass is 505 g/mol. The molecule has 1 heterocycles. The van der Waals surface area contributed by atoms with Crippen molar-refractivity contribution in [2.24, 2.45) is 10.9 Å². The Hall–Kier alpha value is -1.06. The van der Waals surface area contributed by atoms with Gasteiger partial charge in [-0.15, -0.1) is 24.0 Å². The van der Waals surface area contributed by atoms with E-state index in [2.05, 4.69) is 35.5 Å². The van der Waals surface area contributed by atoms with Gasteiger partial charge in [-0.05, 0) is 45.2 Å². The van der Waals surface area contributed by atoms with Crippen LogP contribution in [0, 0.1) is 12.8 Å². The number of hydrogen-bond donors (Lipinski definition) is 2. The summed E-state index contributed by atoms with van der Waals surface area (Å²) in [6.45, 7) is 11.7. The van der Waals surface area contributed by atoms with Crippen LogP contribution >= 0.6 is 24.0 Å². The lowest BCUT2D eigenvalue weighted by atomic mass is 10.1. The predicted molar refractivity (Wildman–Crippen MR) is 125 cm³/mol. The molecule has 1 aromatic rings. The second-order valence-electron chi connectivity index (χ2n) is 7.00. The molecule has 28 heavy (non-hydrogen) atoms. The molecule has 7 heteroatoms. The lowest BCUT2D eigenvalue weighted by molar-refractivity contribution is 0.0888. The van der Waals surface area contributed by atoms with E-state index >= 15 is 0 Å². The number of guanidine groups is 1. The van der Waals surface area contributed by atoms with Crippen molar-refractivity contribution in [2.75, 3.05) is 46.1 Å². The molecule has 0 amide bonds. The zero-order valence-electron chi connectivity index (χ0n) is 17.4. The van der Waals surface area contributed by atoms with Gasteiger partial charge in [-0.2, -0.15) is 0 Å². The van der Waals surface area contributed by atoms with Crippen LogP contribution in [0.1, 0.15) is 32.3 Å². The quantitative estimate of drug-likeness (QED) is 0.209. The van der Waals surface area contributed by atoms with Gasteiger partial charge in [0.25, 0.3) is 0 Å². The number of aryl methyl sites for hydroxylation is 1. The van der Waals surface area contributed by atoms with Crippen molar-refractivity contribution in [2.45, 2.75) is 39.7 Å². The van der Waals surface area contributed by atoms with Crippen molar-refractivity contribution in [1.82, 2.24) is 10.6 Å². The van der Waals surface area contributed by atoms with Crippen LogP contribution in [0.4, 0.5) is 0 Å². The number of hydrogen-bond acceptors (Lipinski definition) is 4. The summed E-state index contributed by atoms with van der Waals surface area (Å²) < 4.78 is 17.1. The number of benzene rings is 1. The Kier molecular flexibility index (Phi) is 13.3. The molecule has 2 atom stereocenters. The van der Waals surface area contributed by atoms with E-state index in [0.29, 0.717) is 12.5 Å². The average molecular weight is 505 g/mol. The van der Waals surface area contributed by atoms with Gasteiger partial charge >= 0.3 is 0 Å². The number of rotatable bonds is 11. The lowest BCUT2D eigenvalue weighted by Gasteiger charge is -2.16. The molecular formula is C21H36IN3O3. The largest absolute Gasteiger partial charge is 0.489 e. The summed E-state index contributed by atoms with van der Waals surface area (Å²) in [4.78, 5) is 4.63. The number of nitrogens with zero attached hydrogens (tertiary/aromatic N) is 1. The van der Waals surface area contributed by atoms with Crippen molar-refractivity contribution in [3.05, 3.63) is 29.8 Å². The molecule has 0 spiro atoms. The maximum absolute atomic E-state index is 5.99. The van der Waals surface area contributed by atoms with Crippen LogP contribution < -0.4 is 15.4 Å². The molecule has 0 aromatic heterocycles. The molecular weight excluding hydrogens is 469 g/mol. The summed E-state index contributed by atoms with van der Waals surface area (Å²) in [5.41, 5.74) is 1.14. The number of aliphatic imine (C=N–C) groups is 1. The zero-order chi connectivity index (χ0) is 19.3. The van der Waals surface area contributed by atoms with Gasteiger partial charge in [0.2, 0.25) is 0 Å². The van der Waals surface area contributed by atoms with Crippen molar-refractivity contribution in [3.8, 4) is 5.75 Å². The Morgan fingerprint density at radius 2 is 2.14 bits per heavy atom. The lowest BCUT2D eigenvalue weighted by Crippen LogP contribution is -2.38. The molecule has 0 saturated carbocycles. The maximum Gasteiger partial charge on any atom is 0.191 e. The standard InChI is InChI=1S/C21H35N3O3.HI/c1-4-22-21(23-11-7-12-25-15-19-10-13-26-16-19)24-14-18(3)27-20-9-6-5-8-17(20)2;/h5-6,8-9,18-19H,4,7,10-16H2,1-3H3,(H2,22,23,24);1H. The van der Waals surface area contributed by atoms with Crippen LogP contribution in [-0.2, 0) is 9.47 Å². The summed E-state index contributed by atoms with van der Waals surface area (Å²) in [7, 11) is 0. The van der Waals surface area contributed by atoms with E-state index < -0.39 is 0 Å². The maximum atomic E-state index is 5.99. The smallest absolute Gasteiger partial charge is 0.191 e. The van der Waals surface area contributed by atoms with Crippen LogP contribution in [0.5, 0.6) is 5.75 Å². The Morgan fingerprint density at radius 1 is 1.32 bits per heavy atom. The molecule has 1 fully saturated rings. The summed E-state index contributed by atoms with van der Waals surface area (Å²) in [5.74, 6) is 2.32. The van der Waals surface area contributed by atoms with E-state index in [-0.39, 0.29) is 30.1 Å². The third-order valence-corrected chi connectivity index (χ3v) is 4.41. The molecule has 6 nitrogen and oxygen atoms in total. The van der Waals surface area contributed by atoms with Crippen molar-refractivity contribution < 1.29 is 14.2 Å². The van der Waals surface area contributed by atoms with Crippen LogP contribution in [-0.4, -0.2) is 58.1 Å². The third kappa shape index (κ3) is 9.93. The first kappa shape index (κ1) is 25.0. The fourth-order valence-electron chi connectivity index (χ4n) is 2.85. The first-order chi connectivity index (χ1) is 13.2. The second-order valence-corrected chi connectivity index (χ2v) is 7.00. The SMILES string of the molecule is CCNC(=NCC(C)Oc1ccccc1C)NCCCOCC1CCOC1.I. The van der Waals surface area contributed by atoms with Crippen LogP contribution in [0.2, 0.25) is 0 Å². The predicted octanol–water partition coefficient (Wildman–Crippen LogP) is 3.38. The zero-order valence-corrected chi connectivity index (χ0v) is 19.7. The van der Waals surface area contributed by atoms with Gasteiger partial charge in [-0.1, -0.05) is 18.2 Å². The van der Waals surface area contributed by atoms with Gasteiger partial charge in [0.15, 0.2) is 5.96 Å². The number of ether oxygens (including phenoxy) is 3. The van der Waals surface area contributed by atoms with Crippen LogP contribution in [0.3, 0.4) is 0 Å². The fourth-order valence-corrected chi connectivity index (χ4v) is 2.85. The highest BCUT2D eigenvalue weighted by molar-refractivity contribution is 14.0. The molecule has 2 rings (SSSR count). The number of para-hydroxylation sites is 1. The van der Waals surface area contributed by atoms with Gasteiger partial charge in [0.1, 0.15) is 11.9 Å². The van der Waals surface area contributed by atoms with Gasteiger partial charge in [-0.25, -0.2) is 4.99 Å². The molecule has 0 bridgehead atoms. The molecule has 160 valence electrons. The molecule has 2 unspecified atom stereocenters. The summed E-state index contributed by atoms with van der Waals surface area (Å²) in [5, 5.41) is 6.63. The molecule has 1 aromatic carbocycles. The number of halogens is 1. The average Bonchev–Trinajstić information content (AvgIpc) is 3.18. The van der Waals surface area contributed by atoms with Crippen LogP contribution in [0.25, 0.3) is 0 Å². The van der Waals surface area contributed by atoms with E-state index in [4.69, 9.17) is 14.2 Å². The topological polar surface area (TPSA) is 64.1 Å². The van der Waals surface area contributed by atoms with E-state index in [1.165, 1.54) is 0 Å². The molecule has 0 radical (unpaired) electrons. The Balaban J connectivity index is 0.00000392. The van der Waals surface area contributed by atoms with Gasteiger partial charge in [0.05, 0.1) is 19.8 Å². The molecule has 1 aliphatic heterocycles. The first-order valence-corrected chi connectivity index (χ1v) is 10.1. The minimum Gasteiger partial charge on any atom is -0.489 e. The normalized spacial score (nSPS) is 17.7. The third-order valence-electron chi connectivity index (χ3n) is 4.41. The second kappa shape index (κ2) is 14.9. The highest BCUT2D eigenvalue weighted by Gasteiger charge is 2.15. The summed E-state index contributed by atoms with van der Waals surface area (Å²) in [6.07, 6.45) is 2.09. The summed E-state index contributed by atoms with van der Waals surface area (Å²) in [6, 6.07) is 8.06. The molecule has 0 aliphatic carbocycles. The van der Waals surface area contributed by atoms with Crippen molar-refractivity contribution in [3.63, 3.8) is 0 Å². The minimum absolute atomic E-state index is 0. The number of nitrogens with one attached hydrogen (secondary N) is 2. The molecule has 1 aliphatic rings. The van der Waals surface area contributed by atoms with E-state index in [0.717, 1.165) is 69.6 Å². The van der Waals surface area contributed by atoms with Gasteiger partial charge < -0.3 is 24.8 Å². The van der Waals surface area contributed by atoms with E-state index in [1.807, 2.05) is 25.1 Å². The fraction of sp³-hybridized carbons (Fsp3) is 0.667. The Bertz CT molecular complexity index is 566. The van der Waals surface area contributed by atoms with Crippen LogP contribution in [0.15, 0.2) is 29.3 Å². The van der Waals surface area contributed by atoms with E-state index in [9.17, 15) is 0 Å². The summed E-state index contributed by atoms with van der Waals surface area (Å²) >= 11 is 0. The van der Waals surface area contributed by atoms with E-state index in [1.54, 1.807) is 0 Å². The van der Waals surface area contributed by atoms with Gasteiger partial charge in [0, 0.05) is 32.2 Å².